The van der Waals surface area contributed by atoms with Gasteiger partial charge in [0.2, 0.25) is 5.91 Å². The number of nitrogens with zero attached hydrogens (tertiary/aromatic N) is 4. The van der Waals surface area contributed by atoms with Gasteiger partial charge in [-0.3, -0.25) is 9.59 Å². The van der Waals surface area contributed by atoms with Crippen LogP contribution in [0.3, 0.4) is 0 Å². The summed E-state index contributed by atoms with van der Waals surface area (Å²) in [5.74, 6) is -0.185. The van der Waals surface area contributed by atoms with E-state index in [1.54, 1.807) is 15.9 Å². The van der Waals surface area contributed by atoms with Gasteiger partial charge in [-0.15, -0.1) is 0 Å². The van der Waals surface area contributed by atoms with E-state index in [0.29, 0.717) is 25.2 Å². The average Bonchev–Trinajstić information content (AvgIpc) is 3.33. The van der Waals surface area contributed by atoms with Gasteiger partial charge in [-0.1, -0.05) is 29.8 Å². The standard InChI is InChI=1S/C23H25N5O2/c1-17-4-8-19(9-5-17)23(30)27-12-2-3-20(14-27)22(29)25-13-18-6-10-21(11-7-18)28-16-24-15-26-28/h4-11,15-16,20H,2-3,12-14H2,1H3,(H,25,29). The van der Waals surface area contributed by atoms with E-state index in [0.717, 1.165) is 29.7 Å². The molecule has 30 heavy (non-hydrogen) atoms. The maximum atomic E-state index is 12.8. The number of benzene rings is 2. The van der Waals surface area contributed by atoms with Crippen molar-refractivity contribution in [1.82, 2.24) is 25.0 Å². The van der Waals surface area contributed by atoms with Crippen molar-refractivity contribution in [2.45, 2.75) is 26.3 Å². The molecule has 3 aromatic rings. The Morgan fingerprint density at radius 2 is 1.87 bits per heavy atom. The molecule has 2 amide bonds. The van der Waals surface area contributed by atoms with Crippen molar-refractivity contribution in [3.8, 4) is 5.69 Å². The van der Waals surface area contributed by atoms with E-state index < -0.39 is 0 Å². The van der Waals surface area contributed by atoms with Gasteiger partial charge in [0.05, 0.1) is 11.6 Å². The fraction of sp³-hybridized carbons (Fsp3) is 0.304. The summed E-state index contributed by atoms with van der Waals surface area (Å²) in [6.45, 7) is 3.61. The fourth-order valence-electron chi connectivity index (χ4n) is 3.70. The molecule has 1 atom stereocenters. The van der Waals surface area contributed by atoms with E-state index in [4.69, 9.17) is 0 Å². The van der Waals surface area contributed by atoms with Gasteiger partial charge in [0.1, 0.15) is 12.7 Å². The Hall–Kier alpha value is -3.48. The van der Waals surface area contributed by atoms with Crippen molar-refractivity contribution in [2.24, 2.45) is 5.92 Å². The molecule has 0 saturated carbocycles. The molecule has 1 unspecified atom stereocenters. The van der Waals surface area contributed by atoms with Crippen LogP contribution in [0.1, 0.15) is 34.3 Å². The Balaban J connectivity index is 1.32. The molecule has 0 aliphatic carbocycles. The molecule has 0 spiro atoms. The minimum atomic E-state index is -0.178. The first-order valence-electron chi connectivity index (χ1n) is 10.2. The number of hydrogen-bond donors (Lipinski definition) is 1. The number of carbonyl (C=O) groups excluding carboxylic acids is 2. The fourth-order valence-corrected chi connectivity index (χ4v) is 3.70. The molecule has 1 N–H and O–H groups in total. The summed E-state index contributed by atoms with van der Waals surface area (Å²) in [4.78, 5) is 31.2. The van der Waals surface area contributed by atoms with Gasteiger partial charge in [-0.25, -0.2) is 9.67 Å². The maximum Gasteiger partial charge on any atom is 0.253 e. The van der Waals surface area contributed by atoms with Gasteiger partial charge in [0.25, 0.3) is 5.91 Å². The van der Waals surface area contributed by atoms with Crippen LogP contribution in [0.5, 0.6) is 0 Å². The molecular weight excluding hydrogens is 378 g/mol. The lowest BCUT2D eigenvalue weighted by atomic mass is 9.96. The second-order valence-corrected chi connectivity index (χ2v) is 7.68. The Labute approximate surface area is 175 Å². The van der Waals surface area contributed by atoms with Crippen molar-refractivity contribution in [1.29, 1.82) is 0 Å². The van der Waals surface area contributed by atoms with Crippen molar-refractivity contribution in [2.75, 3.05) is 13.1 Å². The molecule has 1 fully saturated rings. The molecular formula is C23H25N5O2. The number of carbonyl (C=O) groups is 2. The lowest BCUT2D eigenvalue weighted by Crippen LogP contribution is -2.45. The Bertz CT molecular complexity index is 997. The first-order valence-corrected chi connectivity index (χ1v) is 10.2. The third kappa shape index (κ3) is 4.56. The summed E-state index contributed by atoms with van der Waals surface area (Å²) < 4.78 is 1.68. The average molecular weight is 403 g/mol. The van der Waals surface area contributed by atoms with Crippen molar-refractivity contribution < 1.29 is 9.59 Å². The molecule has 2 aromatic carbocycles. The normalized spacial score (nSPS) is 16.3. The van der Waals surface area contributed by atoms with Gasteiger partial charge in [0.15, 0.2) is 0 Å². The largest absolute Gasteiger partial charge is 0.352 e. The highest BCUT2D eigenvalue weighted by Gasteiger charge is 2.28. The van der Waals surface area contributed by atoms with E-state index in [1.807, 2.05) is 55.5 Å². The molecule has 0 bridgehead atoms. The first kappa shape index (κ1) is 19.8. The van der Waals surface area contributed by atoms with Crippen LogP contribution in [0.25, 0.3) is 5.69 Å². The number of rotatable bonds is 5. The zero-order valence-electron chi connectivity index (χ0n) is 17.0. The van der Waals surface area contributed by atoms with E-state index in [1.165, 1.54) is 6.33 Å². The summed E-state index contributed by atoms with van der Waals surface area (Å²) in [6.07, 6.45) is 4.77. The number of amides is 2. The predicted octanol–water partition coefficient (Wildman–Crippen LogP) is 2.74. The third-order valence-corrected chi connectivity index (χ3v) is 5.46. The minimum Gasteiger partial charge on any atom is -0.352 e. The van der Waals surface area contributed by atoms with Gasteiger partial charge < -0.3 is 10.2 Å². The second-order valence-electron chi connectivity index (χ2n) is 7.68. The summed E-state index contributed by atoms with van der Waals surface area (Å²) in [7, 11) is 0. The van der Waals surface area contributed by atoms with Crippen LogP contribution in [0.2, 0.25) is 0 Å². The van der Waals surface area contributed by atoms with Crippen LogP contribution in [0, 0.1) is 12.8 Å². The molecule has 1 saturated heterocycles. The van der Waals surface area contributed by atoms with Gasteiger partial charge >= 0.3 is 0 Å². The Kier molecular flexibility index (Phi) is 5.88. The zero-order valence-corrected chi connectivity index (χ0v) is 17.0. The molecule has 1 aliphatic heterocycles. The molecule has 1 aromatic heterocycles. The van der Waals surface area contributed by atoms with Crippen LogP contribution in [0.15, 0.2) is 61.2 Å². The quantitative estimate of drug-likeness (QED) is 0.710. The first-order chi connectivity index (χ1) is 14.6. The van der Waals surface area contributed by atoms with E-state index >= 15 is 0 Å². The number of piperidine rings is 1. The molecule has 1 aliphatic rings. The van der Waals surface area contributed by atoms with Crippen LogP contribution in [0.4, 0.5) is 0 Å². The maximum absolute atomic E-state index is 12.8. The number of hydrogen-bond acceptors (Lipinski definition) is 4. The van der Waals surface area contributed by atoms with E-state index in [9.17, 15) is 9.59 Å². The Morgan fingerprint density at radius 3 is 2.57 bits per heavy atom. The van der Waals surface area contributed by atoms with Gasteiger partial charge in [-0.2, -0.15) is 5.10 Å². The third-order valence-electron chi connectivity index (χ3n) is 5.46. The van der Waals surface area contributed by atoms with Gasteiger partial charge in [-0.05, 0) is 49.6 Å². The highest BCUT2D eigenvalue weighted by atomic mass is 16.2. The molecule has 0 radical (unpaired) electrons. The summed E-state index contributed by atoms with van der Waals surface area (Å²) in [5, 5.41) is 7.12. The van der Waals surface area contributed by atoms with Crippen LogP contribution < -0.4 is 5.32 Å². The smallest absolute Gasteiger partial charge is 0.253 e. The van der Waals surface area contributed by atoms with Gasteiger partial charge in [0, 0.05) is 25.2 Å². The lowest BCUT2D eigenvalue weighted by molar-refractivity contribution is -0.126. The van der Waals surface area contributed by atoms with E-state index in [2.05, 4.69) is 15.4 Å². The molecule has 7 heteroatoms. The lowest BCUT2D eigenvalue weighted by Gasteiger charge is -2.32. The van der Waals surface area contributed by atoms with E-state index in [-0.39, 0.29) is 17.7 Å². The Morgan fingerprint density at radius 1 is 1.10 bits per heavy atom. The monoisotopic (exact) mass is 403 g/mol. The molecule has 7 nitrogen and oxygen atoms in total. The topological polar surface area (TPSA) is 80.1 Å². The molecule has 4 rings (SSSR count). The van der Waals surface area contributed by atoms with Crippen molar-refractivity contribution in [3.63, 3.8) is 0 Å². The summed E-state index contributed by atoms with van der Waals surface area (Å²) in [6, 6.07) is 15.4. The second kappa shape index (κ2) is 8.90. The zero-order chi connectivity index (χ0) is 20.9. The predicted molar refractivity (Wildman–Crippen MR) is 113 cm³/mol. The highest BCUT2D eigenvalue weighted by Crippen LogP contribution is 2.19. The highest BCUT2D eigenvalue weighted by molar-refractivity contribution is 5.94. The summed E-state index contributed by atoms with van der Waals surface area (Å²) in [5.41, 5.74) is 3.72. The summed E-state index contributed by atoms with van der Waals surface area (Å²) >= 11 is 0. The van der Waals surface area contributed by atoms with Crippen LogP contribution in [-0.2, 0) is 11.3 Å². The van der Waals surface area contributed by atoms with Crippen LogP contribution >= 0.6 is 0 Å². The number of aromatic nitrogens is 3. The van der Waals surface area contributed by atoms with Crippen molar-refractivity contribution >= 4 is 11.8 Å². The SMILES string of the molecule is Cc1ccc(C(=O)N2CCCC(C(=O)NCc3ccc(-n4cncn4)cc3)C2)cc1. The number of likely N-dealkylation sites (tertiary alicyclic amines) is 1. The molecule has 154 valence electrons. The van der Waals surface area contributed by atoms with Crippen LogP contribution in [-0.4, -0.2) is 44.6 Å². The minimum absolute atomic E-state index is 0.00300. The number of aryl methyl sites for hydroxylation is 1. The molecule has 2 heterocycles. The van der Waals surface area contributed by atoms with Crippen molar-refractivity contribution in [3.05, 3.63) is 77.9 Å². The number of nitrogens with one attached hydrogen (secondary N) is 1.